The van der Waals surface area contributed by atoms with Gasteiger partial charge in [0.25, 0.3) is 0 Å². The molecule has 0 N–H and O–H groups in total. The van der Waals surface area contributed by atoms with Crippen molar-refractivity contribution in [3.8, 4) is 5.75 Å². The standard InChI is InChI=1S/C34H50O2/c1-23-15-24(2)19-31(18-23)29-10-7-9-28(16-25(3)17-29)30-13-14-34(27(5)22-30)36-33-12-8-11-32(35-6)20-26(4)21-33/h13-15,18-19,22,25-26,28-29,32-33H,7-12,16-17,20-21H2,1-6H3. The monoisotopic (exact) mass is 490 g/mol. The van der Waals surface area contributed by atoms with Gasteiger partial charge >= 0.3 is 0 Å². The molecule has 0 spiro atoms. The smallest absolute Gasteiger partial charge is 0.122 e. The summed E-state index contributed by atoms with van der Waals surface area (Å²) in [6, 6.07) is 14.2. The highest BCUT2D eigenvalue weighted by Crippen LogP contribution is 2.41. The molecular formula is C34H50O2. The van der Waals surface area contributed by atoms with Crippen LogP contribution < -0.4 is 4.74 Å². The zero-order chi connectivity index (χ0) is 25.7. The number of methoxy groups -OCH3 is 1. The molecule has 0 radical (unpaired) electrons. The van der Waals surface area contributed by atoms with Crippen molar-refractivity contribution >= 4 is 0 Å². The summed E-state index contributed by atoms with van der Waals surface area (Å²) in [5.41, 5.74) is 7.20. The van der Waals surface area contributed by atoms with E-state index >= 15 is 0 Å². The van der Waals surface area contributed by atoms with E-state index in [1.165, 1.54) is 60.8 Å². The lowest BCUT2D eigenvalue weighted by Crippen LogP contribution is -2.26. The Bertz CT molecular complexity index is 959. The molecule has 2 saturated carbocycles. The summed E-state index contributed by atoms with van der Waals surface area (Å²) in [5.74, 6) is 3.85. The average molecular weight is 491 g/mol. The van der Waals surface area contributed by atoms with E-state index in [1.807, 2.05) is 7.11 Å². The molecule has 2 aliphatic rings. The Balaban J connectivity index is 1.38. The van der Waals surface area contributed by atoms with Gasteiger partial charge in [0, 0.05) is 7.11 Å². The summed E-state index contributed by atoms with van der Waals surface area (Å²) < 4.78 is 12.3. The van der Waals surface area contributed by atoms with Crippen LogP contribution in [0.3, 0.4) is 0 Å². The molecular weight excluding hydrogens is 440 g/mol. The van der Waals surface area contributed by atoms with Crippen molar-refractivity contribution in [1.82, 2.24) is 0 Å². The second-order valence-corrected chi connectivity index (χ2v) is 12.5. The summed E-state index contributed by atoms with van der Waals surface area (Å²) >= 11 is 0. The van der Waals surface area contributed by atoms with Gasteiger partial charge < -0.3 is 9.47 Å². The normalized spacial score (nSPS) is 30.1. The van der Waals surface area contributed by atoms with Crippen molar-refractivity contribution in [1.29, 1.82) is 0 Å². The van der Waals surface area contributed by atoms with Crippen LogP contribution in [0.15, 0.2) is 36.4 Å². The summed E-state index contributed by atoms with van der Waals surface area (Å²) in [5, 5.41) is 0. The van der Waals surface area contributed by atoms with E-state index in [-0.39, 0.29) is 0 Å². The zero-order valence-corrected chi connectivity index (χ0v) is 23.8. The van der Waals surface area contributed by atoms with Crippen molar-refractivity contribution in [3.05, 3.63) is 64.2 Å². The van der Waals surface area contributed by atoms with Gasteiger partial charge in [-0.25, -0.2) is 0 Å². The van der Waals surface area contributed by atoms with Gasteiger partial charge in [0.2, 0.25) is 0 Å². The quantitative estimate of drug-likeness (QED) is 0.415. The molecule has 0 bridgehead atoms. The van der Waals surface area contributed by atoms with E-state index in [0.29, 0.717) is 30.0 Å². The first-order chi connectivity index (χ1) is 17.3. The van der Waals surface area contributed by atoms with Crippen LogP contribution in [0.2, 0.25) is 0 Å². The number of hydrogen-bond acceptors (Lipinski definition) is 2. The van der Waals surface area contributed by atoms with Crippen LogP contribution in [0.5, 0.6) is 5.75 Å². The second-order valence-electron chi connectivity index (χ2n) is 12.5. The van der Waals surface area contributed by atoms with Gasteiger partial charge in [-0.3, -0.25) is 0 Å². The molecule has 2 heteroatoms. The van der Waals surface area contributed by atoms with E-state index in [9.17, 15) is 0 Å². The van der Waals surface area contributed by atoms with Gasteiger partial charge in [-0.15, -0.1) is 0 Å². The lowest BCUT2D eigenvalue weighted by atomic mass is 9.75. The van der Waals surface area contributed by atoms with E-state index < -0.39 is 0 Å². The Hall–Kier alpha value is -1.80. The molecule has 0 aliphatic heterocycles. The number of aryl methyl sites for hydroxylation is 3. The third-order valence-corrected chi connectivity index (χ3v) is 8.87. The van der Waals surface area contributed by atoms with Crippen molar-refractivity contribution in [2.75, 3.05) is 7.11 Å². The molecule has 0 amide bonds. The summed E-state index contributed by atoms with van der Waals surface area (Å²) in [6.07, 6.45) is 13.0. The minimum absolute atomic E-state index is 0.325. The predicted molar refractivity (Wildman–Crippen MR) is 152 cm³/mol. The van der Waals surface area contributed by atoms with Gasteiger partial charge in [-0.1, -0.05) is 61.7 Å². The van der Waals surface area contributed by atoms with Crippen molar-refractivity contribution in [2.24, 2.45) is 11.8 Å². The van der Waals surface area contributed by atoms with Gasteiger partial charge in [-0.2, -0.15) is 0 Å². The third kappa shape index (κ3) is 7.37. The first-order valence-electron chi connectivity index (χ1n) is 14.7. The number of benzene rings is 2. The molecule has 198 valence electrons. The number of hydrogen-bond donors (Lipinski definition) is 0. The lowest BCUT2D eigenvalue weighted by molar-refractivity contribution is 0.0470. The van der Waals surface area contributed by atoms with Crippen molar-refractivity contribution in [3.63, 3.8) is 0 Å². The molecule has 2 fully saturated rings. The van der Waals surface area contributed by atoms with Crippen LogP contribution >= 0.6 is 0 Å². The van der Waals surface area contributed by atoms with E-state index in [1.54, 1.807) is 5.56 Å². The topological polar surface area (TPSA) is 18.5 Å². The molecule has 6 atom stereocenters. The fraction of sp³-hybridized carbons (Fsp3) is 0.647. The Morgan fingerprint density at radius 1 is 0.639 bits per heavy atom. The summed E-state index contributed by atoms with van der Waals surface area (Å²) in [7, 11) is 1.86. The maximum Gasteiger partial charge on any atom is 0.122 e. The van der Waals surface area contributed by atoms with Crippen LogP contribution in [0, 0.1) is 32.6 Å². The molecule has 0 aromatic heterocycles. The van der Waals surface area contributed by atoms with Gasteiger partial charge in [0.15, 0.2) is 0 Å². The van der Waals surface area contributed by atoms with Crippen molar-refractivity contribution in [2.45, 2.75) is 123 Å². The molecule has 6 unspecified atom stereocenters. The van der Waals surface area contributed by atoms with Crippen LogP contribution in [0.4, 0.5) is 0 Å². The summed E-state index contributed by atoms with van der Waals surface area (Å²) in [4.78, 5) is 0. The lowest BCUT2D eigenvalue weighted by Gasteiger charge is -2.31. The summed E-state index contributed by atoms with van der Waals surface area (Å²) in [6.45, 7) is 11.5. The maximum atomic E-state index is 6.61. The minimum Gasteiger partial charge on any atom is -0.490 e. The fourth-order valence-electron chi connectivity index (χ4n) is 7.13. The SMILES string of the molecule is COC1CCCC(Oc2ccc(C3CCCC(c4cc(C)cc(C)c4)CC(C)C3)cc2C)CC(C)C1. The van der Waals surface area contributed by atoms with Crippen LogP contribution in [-0.2, 0) is 4.74 Å². The van der Waals surface area contributed by atoms with Crippen LogP contribution in [-0.4, -0.2) is 19.3 Å². The number of ether oxygens (including phenoxy) is 2. The molecule has 2 aromatic carbocycles. The number of rotatable bonds is 5. The van der Waals surface area contributed by atoms with E-state index in [2.05, 4.69) is 71.0 Å². The molecule has 36 heavy (non-hydrogen) atoms. The Kier molecular flexibility index (Phi) is 9.56. The molecule has 2 aromatic rings. The van der Waals surface area contributed by atoms with Gasteiger partial charge in [-0.05, 0) is 125 Å². The maximum absolute atomic E-state index is 6.61. The van der Waals surface area contributed by atoms with Crippen LogP contribution in [0.1, 0.15) is 118 Å². The van der Waals surface area contributed by atoms with Gasteiger partial charge in [0.05, 0.1) is 12.2 Å². The Labute approximate surface area is 221 Å². The highest BCUT2D eigenvalue weighted by atomic mass is 16.5. The molecule has 0 saturated heterocycles. The second kappa shape index (κ2) is 12.6. The largest absolute Gasteiger partial charge is 0.490 e. The minimum atomic E-state index is 0.325. The van der Waals surface area contributed by atoms with E-state index in [4.69, 9.17) is 9.47 Å². The highest BCUT2D eigenvalue weighted by Gasteiger charge is 2.26. The Morgan fingerprint density at radius 2 is 1.22 bits per heavy atom. The third-order valence-electron chi connectivity index (χ3n) is 8.87. The average Bonchev–Trinajstić information content (AvgIpc) is 2.79. The molecule has 0 heterocycles. The predicted octanol–water partition coefficient (Wildman–Crippen LogP) is 9.44. The van der Waals surface area contributed by atoms with E-state index in [0.717, 1.165) is 37.4 Å². The van der Waals surface area contributed by atoms with Crippen LogP contribution in [0.25, 0.3) is 0 Å². The first kappa shape index (κ1) is 27.2. The molecule has 4 rings (SSSR count). The molecule has 2 nitrogen and oxygen atoms in total. The van der Waals surface area contributed by atoms with Crippen molar-refractivity contribution < 1.29 is 9.47 Å². The first-order valence-corrected chi connectivity index (χ1v) is 14.7. The zero-order valence-electron chi connectivity index (χ0n) is 23.8. The Morgan fingerprint density at radius 3 is 1.89 bits per heavy atom. The molecule has 2 aliphatic carbocycles. The highest BCUT2D eigenvalue weighted by molar-refractivity contribution is 5.38. The fourth-order valence-corrected chi connectivity index (χ4v) is 7.13. The van der Waals surface area contributed by atoms with Gasteiger partial charge in [0.1, 0.15) is 5.75 Å².